The molecule has 166 valence electrons. The highest BCUT2D eigenvalue weighted by Crippen LogP contribution is 2.21. The molecule has 2 aromatic carbocycles. The van der Waals surface area contributed by atoms with Crippen LogP contribution in [0, 0.1) is 5.82 Å². The van der Waals surface area contributed by atoms with Crippen LogP contribution in [-0.4, -0.2) is 31.4 Å². The fraction of sp³-hybridized carbons (Fsp3) is 0.348. The molecule has 0 saturated heterocycles. The standard InChI is InChI=1S/C23H28FN3O4/c1-3-5-19(27-23(30)21(25)17-6-4-7-18(24)14-17)15-8-10-16(11-9-15)22(29)26-13-12-20(28)31-2/h4,6-11,14,19,21H,3,5,12-13,25H2,1-2H3,(H,26,29)(H,27,30). The highest BCUT2D eigenvalue weighted by atomic mass is 19.1. The Hall–Kier alpha value is -3.26. The number of esters is 1. The molecule has 0 aliphatic carbocycles. The van der Waals surface area contributed by atoms with E-state index in [9.17, 15) is 18.8 Å². The van der Waals surface area contributed by atoms with Gasteiger partial charge in [0.05, 0.1) is 19.6 Å². The van der Waals surface area contributed by atoms with E-state index < -0.39 is 23.7 Å². The van der Waals surface area contributed by atoms with Crippen molar-refractivity contribution in [1.29, 1.82) is 0 Å². The molecule has 0 aliphatic rings. The van der Waals surface area contributed by atoms with E-state index >= 15 is 0 Å². The number of nitrogens with two attached hydrogens (primary N) is 1. The summed E-state index contributed by atoms with van der Waals surface area (Å²) in [5.41, 5.74) is 7.67. The third-order valence-corrected chi connectivity index (χ3v) is 4.80. The average Bonchev–Trinajstić information content (AvgIpc) is 2.78. The first-order valence-corrected chi connectivity index (χ1v) is 10.1. The lowest BCUT2D eigenvalue weighted by atomic mass is 9.99. The van der Waals surface area contributed by atoms with Gasteiger partial charge in [0.1, 0.15) is 11.9 Å². The molecule has 0 fully saturated rings. The molecule has 2 atom stereocenters. The minimum absolute atomic E-state index is 0.0937. The number of hydrogen-bond acceptors (Lipinski definition) is 5. The van der Waals surface area contributed by atoms with Crippen molar-refractivity contribution in [2.24, 2.45) is 5.73 Å². The minimum Gasteiger partial charge on any atom is -0.469 e. The summed E-state index contributed by atoms with van der Waals surface area (Å²) in [5, 5.41) is 5.57. The van der Waals surface area contributed by atoms with E-state index in [2.05, 4.69) is 15.4 Å². The first kappa shape index (κ1) is 24.0. The smallest absolute Gasteiger partial charge is 0.307 e. The van der Waals surface area contributed by atoms with Crippen molar-refractivity contribution in [3.63, 3.8) is 0 Å². The number of methoxy groups -OCH3 is 1. The van der Waals surface area contributed by atoms with Gasteiger partial charge < -0.3 is 21.1 Å². The largest absolute Gasteiger partial charge is 0.469 e. The average molecular weight is 429 g/mol. The second-order valence-electron chi connectivity index (χ2n) is 7.09. The zero-order valence-electron chi connectivity index (χ0n) is 17.7. The van der Waals surface area contributed by atoms with Crippen LogP contribution in [0.2, 0.25) is 0 Å². The van der Waals surface area contributed by atoms with Crippen molar-refractivity contribution in [1.82, 2.24) is 10.6 Å². The third kappa shape index (κ3) is 7.18. The van der Waals surface area contributed by atoms with Crippen LogP contribution in [0.15, 0.2) is 48.5 Å². The van der Waals surface area contributed by atoms with Gasteiger partial charge in [-0.25, -0.2) is 4.39 Å². The molecule has 8 heteroatoms. The van der Waals surface area contributed by atoms with Crippen LogP contribution in [-0.2, 0) is 14.3 Å². The van der Waals surface area contributed by atoms with E-state index in [4.69, 9.17) is 5.73 Å². The molecule has 2 rings (SSSR count). The number of halogens is 1. The van der Waals surface area contributed by atoms with Crippen molar-refractivity contribution < 1.29 is 23.5 Å². The fourth-order valence-corrected chi connectivity index (χ4v) is 3.07. The zero-order chi connectivity index (χ0) is 22.8. The summed E-state index contributed by atoms with van der Waals surface area (Å²) in [5.74, 6) is -1.56. The Morgan fingerprint density at radius 2 is 1.81 bits per heavy atom. The molecular weight excluding hydrogens is 401 g/mol. The SMILES string of the molecule is CCCC(NC(=O)C(N)c1cccc(F)c1)c1ccc(C(=O)NCCC(=O)OC)cc1. The Kier molecular flexibility index (Phi) is 9.14. The van der Waals surface area contributed by atoms with E-state index in [-0.39, 0.29) is 24.9 Å². The van der Waals surface area contributed by atoms with Gasteiger partial charge in [-0.2, -0.15) is 0 Å². The summed E-state index contributed by atoms with van der Waals surface area (Å²) >= 11 is 0. The van der Waals surface area contributed by atoms with Crippen LogP contribution in [0.4, 0.5) is 4.39 Å². The Morgan fingerprint density at radius 1 is 1.10 bits per heavy atom. The van der Waals surface area contributed by atoms with Crippen molar-refractivity contribution >= 4 is 17.8 Å². The molecule has 0 radical (unpaired) electrons. The summed E-state index contributed by atoms with van der Waals surface area (Å²) in [6.07, 6.45) is 1.58. The molecule has 4 N–H and O–H groups in total. The first-order valence-electron chi connectivity index (χ1n) is 10.1. The van der Waals surface area contributed by atoms with Crippen LogP contribution in [0.3, 0.4) is 0 Å². The number of benzene rings is 2. The van der Waals surface area contributed by atoms with E-state index in [1.807, 2.05) is 6.92 Å². The van der Waals surface area contributed by atoms with Gasteiger partial charge in [0.25, 0.3) is 5.91 Å². The third-order valence-electron chi connectivity index (χ3n) is 4.80. The number of carbonyl (C=O) groups is 3. The van der Waals surface area contributed by atoms with E-state index in [1.54, 1.807) is 30.3 Å². The first-order chi connectivity index (χ1) is 14.8. The van der Waals surface area contributed by atoms with Gasteiger partial charge in [0.15, 0.2) is 0 Å². The summed E-state index contributed by atoms with van der Waals surface area (Å²) < 4.78 is 18.0. The number of rotatable bonds is 10. The summed E-state index contributed by atoms with van der Waals surface area (Å²) in [4.78, 5) is 35.9. The highest BCUT2D eigenvalue weighted by molar-refractivity contribution is 5.94. The Balaban J connectivity index is 2.03. The van der Waals surface area contributed by atoms with Crippen molar-refractivity contribution in [2.75, 3.05) is 13.7 Å². The van der Waals surface area contributed by atoms with Gasteiger partial charge >= 0.3 is 5.97 Å². The van der Waals surface area contributed by atoms with Crippen molar-refractivity contribution in [2.45, 2.75) is 38.3 Å². The molecule has 31 heavy (non-hydrogen) atoms. The van der Waals surface area contributed by atoms with Crippen LogP contribution < -0.4 is 16.4 Å². The number of carbonyl (C=O) groups excluding carboxylic acids is 3. The molecule has 7 nitrogen and oxygen atoms in total. The highest BCUT2D eigenvalue weighted by Gasteiger charge is 2.21. The maximum Gasteiger partial charge on any atom is 0.307 e. The van der Waals surface area contributed by atoms with Crippen molar-refractivity contribution in [3.05, 3.63) is 71.0 Å². The Bertz CT molecular complexity index is 902. The van der Waals surface area contributed by atoms with Gasteiger partial charge in [0, 0.05) is 12.1 Å². The maximum absolute atomic E-state index is 13.4. The van der Waals surface area contributed by atoms with Gasteiger partial charge in [-0.3, -0.25) is 14.4 Å². The summed E-state index contributed by atoms with van der Waals surface area (Å²) in [7, 11) is 1.29. The second-order valence-corrected chi connectivity index (χ2v) is 7.09. The number of hydrogen-bond donors (Lipinski definition) is 3. The molecule has 0 bridgehead atoms. The van der Waals surface area contributed by atoms with Crippen molar-refractivity contribution in [3.8, 4) is 0 Å². The van der Waals surface area contributed by atoms with Gasteiger partial charge in [0.2, 0.25) is 5.91 Å². The fourth-order valence-electron chi connectivity index (χ4n) is 3.07. The van der Waals surface area contributed by atoms with Gasteiger partial charge in [-0.1, -0.05) is 37.6 Å². The zero-order valence-corrected chi connectivity index (χ0v) is 17.7. The lowest BCUT2D eigenvalue weighted by molar-refractivity contribution is -0.140. The minimum atomic E-state index is -0.991. The number of nitrogens with one attached hydrogen (secondary N) is 2. The van der Waals surface area contributed by atoms with E-state index in [1.165, 1.54) is 25.3 Å². The summed E-state index contributed by atoms with van der Waals surface area (Å²) in [6.45, 7) is 2.18. The molecule has 2 amide bonds. The van der Waals surface area contributed by atoms with Crippen LogP contribution in [0.25, 0.3) is 0 Å². The Labute approximate surface area is 181 Å². The lowest BCUT2D eigenvalue weighted by Crippen LogP contribution is -2.36. The molecule has 0 heterocycles. The van der Waals surface area contributed by atoms with E-state index in [0.717, 1.165) is 12.0 Å². The van der Waals surface area contributed by atoms with Crippen LogP contribution in [0.5, 0.6) is 0 Å². The normalized spacial score (nSPS) is 12.5. The second kappa shape index (κ2) is 11.8. The predicted molar refractivity (Wildman–Crippen MR) is 115 cm³/mol. The number of amides is 2. The molecule has 0 aliphatic heterocycles. The van der Waals surface area contributed by atoms with Crippen LogP contribution in [0.1, 0.15) is 59.8 Å². The predicted octanol–water partition coefficient (Wildman–Crippen LogP) is 2.78. The monoisotopic (exact) mass is 429 g/mol. The molecule has 2 unspecified atom stereocenters. The maximum atomic E-state index is 13.4. The molecule has 0 aromatic heterocycles. The number of ether oxygens (including phenoxy) is 1. The van der Waals surface area contributed by atoms with Gasteiger partial charge in [-0.05, 0) is 41.8 Å². The quantitative estimate of drug-likeness (QED) is 0.503. The van der Waals surface area contributed by atoms with E-state index in [0.29, 0.717) is 17.5 Å². The molecule has 0 saturated carbocycles. The summed E-state index contributed by atoms with van der Waals surface area (Å²) in [6, 6.07) is 11.2. The molecular formula is C23H28FN3O4. The Morgan fingerprint density at radius 3 is 2.42 bits per heavy atom. The molecule has 2 aromatic rings. The topological polar surface area (TPSA) is 111 Å². The lowest BCUT2D eigenvalue weighted by Gasteiger charge is -2.21. The van der Waals surface area contributed by atoms with Gasteiger partial charge in [-0.15, -0.1) is 0 Å². The van der Waals surface area contributed by atoms with Crippen LogP contribution >= 0.6 is 0 Å². The molecule has 0 spiro atoms.